The molecule has 1 N–H and O–H groups in total. The molecule has 13 heteroatoms. The largest absolute Gasteiger partial charge is 0.496 e. The number of aromatic nitrogens is 3. The van der Waals surface area contributed by atoms with Gasteiger partial charge in [0.2, 0.25) is 5.89 Å². The number of para-hydroxylation sites is 1. The molecule has 11 nitrogen and oxygen atoms in total. The first kappa shape index (κ1) is 29.5. The van der Waals surface area contributed by atoms with E-state index in [9.17, 15) is 19.5 Å². The van der Waals surface area contributed by atoms with Gasteiger partial charge in [-0.25, -0.2) is 23.5 Å². The van der Waals surface area contributed by atoms with Gasteiger partial charge >= 0.3 is 11.7 Å². The minimum atomic E-state index is -1.33. The number of carboxylic acids is 1. The minimum absolute atomic E-state index is 0.0709. The summed E-state index contributed by atoms with van der Waals surface area (Å²) in [5.74, 6) is -1.46. The third-order valence-electron chi connectivity index (χ3n) is 7.63. The number of halogens is 1. The minimum Gasteiger partial charge on any atom is -0.496 e. The quantitative estimate of drug-likeness (QED) is 0.242. The fraction of sp³-hybridized carbons (Fsp3) is 0.290. The van der Waals surface area contributed by atoms with E-state index in [0.29, 0.717) is 57.2 Å². The van der Waals surface area contributed by atoms with Crippen molar-refractivity contribution in [1.82, 2.24) is 14.1 Å². The van der Waals surface area contributed by atoms with Crippen LogP contribution in [0.5, 0.6) is 5.75 Å². The van der Waals surface area contributed by atoms with Crippen LogP contribution in [-0.2, 0) is 16.0 Å². The Morgan fingerprint density at radius 1 is 1.20 bits per heavy atom. The van der Waals surface area contributed by atoms with Crippen molar-refractivity contribution in [3.63, 3.8) is 0 Å². The molecule has 1 saturated heterocycles. The number of hydrogen-bond donors (Lipinski definition) is 1. The van der Waals surface area contributed by atoms with Gasteiger partial charge in [0.1, 0.15) is 28.8 Å². The van der Waals surface area contributed by atoms with Gasteiger partial charge in [0.25, 0.3) is 5.56 Å². The number of rotatable bonds is 9. The molecule has 0 amide bonds. The summed E-state index contributed by atoms with van der Waals surface area (Å²) in [5.41, 5.74) is -1.25. The third-order valence-corrected chi connectivity index (χ3v) is 8.94. The summed E-state index contributed by atoms with van der Waals surface area (Å²) >= 11 is 1.14. The zero-order valence-corrected chi connectivity index (χ0v) is 24.6. The molecule has 2 aromatic carbocycles. The molecule has 6 rings (SSSR count). The van der Waals surface area contributed by atoms with Crippen LogP contribution in [0.3, 0.4) is 0 Å². The van der Waals surface area contributed by atoms with Crippen LogP contribution in [0.1, 0.15) is 40.4 Å². The normalized spacial score (nSPS) is 14.6. The van der Waals surface area contributed by atoms with Crippen molar-refractivity contribution < 1.29 is 32.9 Å². The second-order valence-corrected chi connectivity index (χ2v) is 11.3. The van der Waals surface area contributed by atoms with E-state index < -0.39 is 34.8 Å². The number of ether oxygens (including phenoxy) is 3. The van der Waals surface area contributed by atoms with Gasteiger partial charge in [-0.1, -0.05) is 18.2 Å². The van der Waals surface area contributed by atoms with E-state index in [0.717, 1.165) is 29.5 Å². The molecular formula is C31H28FN3O8S. The number of benzene rings is 2. The first-order chi connectivity index (χ1) is 21.3. The molecule has 1 unspecified atom stereocenters. The Morgan fingerprint density at radius 2 is 1.98 bits per heavy atom. The summed E-state index contributed by atoms with van der Waals surface area (Å²) in [6, 6.07) is 10.3. The summed E-state index contributed by atoms with van der Waals surface area (Å²) in [5, 5.41) is 9.72. The molecule has 0 radical (unpaired) electrons. The second kappa shape index (κ2) is 12.2. The van der Waals surface area contributed by atoms with Crippen LogP contribution >= 0.6 is 11.3 Å². The summed E-state index contributed by atoms with van der Waals surface area (Å²) in [4.78, 5) is 45.2. The number of fused-ring (bicyclic) bond motifs is 1. The zero-order chi connectivity index (χ0) is 31.0. The lowest BCUT2D eigenvalue weighted by molar-refractivity contribution is -0.0752. The van der Waals surface area contributed by atoms with Gasteiger partial charge in [0, 0.05) is 18.8 Å². The summed E-state index contributed by atoms with van der Waals surface area (Å²) in [7, 11) is 1.54. The van der Waals surface area contributed by atoms with Gasteiger partial charge in [0.05, 0.1) is 47.5 Å². The van der Waals surface area contributed by atoms with Crippen LogP contribution in [0, 0.1) is 12.7 Å². The smallest absolute Gasteiger partial charge is 0.336 e. The molecule has 3 aromatic heterocycles. The van der Waals surface area contributed by atoms with Crippen LogP contribution in [-0.4, -0.2) is 51.6 Å². The van der Waals surface area contributed by atoms with E-state index in [2.05, 4.69) is 4.98 Å². The highest BCUT2D eigenvalue weighted by Gasteiger charge is 2.29. The number of methoxy groups -OCH3 is 1. The molecule has 0 aliphatic carbocycles. The molecule has 1 atom stereocenters. The maximum atomic E-state index is 15.3. The van der Waals surface area contributed by atoms with Crippen molar-refractivity contribution in [1.29, 1.82) is 0 Å². The molecule has 1 aliphatic rings. The van der Waals surface area contributed by atoms with Crippen molar-refractivity contribution in [3.05, 3.63) is 98.3 Å². The van der Waals surface area contributed by atoms with Crippen molar-refractivity contribution in [2.45, 2.75) is 38.5 Å². The first-order valence-corrected chi connectivity index (χ1v) is 14.7. The highest BCUT2D eigenvalue weighted by atomic mass is 32.1. The van der Waals surface area contributed by atoms with E-state index in [4.69, 9.17) is 18.6 Å². The van der Waals surface area contributed by atoms with E-state index in [1.54, 1.807) is 20.1 Å². The molecule has 1 fully saturated rings. The molecule has 1 aliphatic heterocycles. The number of thiophene rings is 1. The number of carbonyl (C=O) groups is 1. The Bertz CT molecular complexity index is 1960. The Hall–Kier alpha value is -4.59. The van der Waals surface area contributed by atoms with Crippen LogP contribution < -0.4 is 16.0 Å². The fourth-order valence-electron chi connectivity index (χ4n) is 5.43. The van der Waals surface area contributed by atoms with E-state index in [-0.39, 0.29) is 29.5 Å². The predicted molar refractivity (Wildman–Crippen MR) is 159 cm³/mol. The average Bonchev–Trinajstić information content (AvgIpc) is 3.68. The monoisotopic (exact) mass is 621 g/mol. The van der Waals surface area contributed by atoms with Gasteiger partial charge < -0.3 is 23.7 Å². The number of aromatic carboxylic acids is 1. The topological polar surface area (TPSA) is 135 Å². The molecule has 44 heavy (non-hydrogen) atoms. The van der Waals surface area contributed by atoms with Crippen LogP contribution in [0.2, 0.25) is 0 Å². The molecular weight excluding hydrogens is 593 g/mol. The van der Waals surface area contributed by atoms with Crippen LogP contribution in [0.25, 0.3) is 26.7 Å². The Kier molecular flexibility index (Phi) is 8.17. The fourth-order valence-corrected chi connectivity index (χ4v) is 6.68. The van der Waals surface area contributed by atoms with E-state index in [1.165, 1.54) is 17.0 Å². The Balaban J connectivity index is 1.61. The number of carboxylic acid groups (broad SMARTS) is 1. The van der Waals surface area contributed by atoms with Gasteiger partial charge in [-0.2, -0.15) is 0 Å². The second-order valence-electron chi connectivity index (χ2n) is 10.3. The van der Waals surface area contributed by atoms with Gasteiger partial charge in [0.15, 0.2) is 0 Å². The lowest BCUT2D eigenvalue weighted by atomic mass is 10.1. The van der Waals surface area contributed by atoms with E-state index in [1.807, 2.05) is 18.2 Å². The van der Waals surface area contributed by atoms with Crippen molar-refractivity contribution >= 4 is 27.5 Å². The highest BCUT2D eigenvalue weighted by Crippen LogP contribution is 2.37. The lowest BCUT2D eigenvalue weighted by Gasteiger charge is -2.29. The average molecular weight is 622 g/mol. The summed E-state index contributed by atoms with van der Waals surface area (Å²) in [6.45, 7) is 2.68. The number of oxazole rings is 1. The first-order valence-electron chi connectivity index (χ1n) is 13.9. The van der Waals surface area contributed by atoms with E-state index >= 15 is 4.39 Å². The number of aryl methyl sites for hydroxylation is 1. The van der Waals surface area contributed by atoms with Gasteiger partial charge in [-0.15, -0.1) is 11.3 Å². The molecule has 228 valence electrons. The maximum Gasteiger partial charge on any atom is 0.336 e. The Morgan fingerprint density at radius 3 is 2.68 bits per heavy atom. The molecule has 0 spiro atoms. The van der Waals surface area contributed by atoms with Crippen molar-refractivity contribution in [2.24, 2.45) is 0 Å². The summed E-state index contributed by atoms with van der Waals surface area (Å²) in [6.07, 6.45) is 3.27. The predicted octanol–water partition coefficient (Wildman–Crippen LogP) is 4.96. The number of nitrogens with zero attached hydrogens (tertiary/aromatic N) is 3. The van der Waals surface area contributed by atoms with Crippen LogP contribution in [0.15, 0.2) is 68.9 Å². The third kappa shape index (κ3) is 5.34. The van der Waals surface area contributed by atoms with Crippen LogP contribution in [0.4, 0.5) is 4.39 Å². The lowest BCUT2D eigenvalue weighted by Crippen LogP contribution is -2.40. The molecule has 5 aromatic rings. The van der Waals surface area contributed by atoms with Gasteiger partial charge in [-0.3, -0.25) is 9.36 Å². The number of hydrogen-bond acceptors (Lipinski definition) is 9. The Labute approximate surface area is 253 Å². The molecule has 4 heterocycles. The van der Waals surface area contributed by atoms with Crippen molar-refractivity contribution in [2.75, 3.05) is 20.3 Å². The molecule has 0 bridgehead atoms. The standard InChI is InChI=1S/C31H28FN3O8S/c1-17-25-28(36)35(22-15-18(30(37)38)7-8-21(22)32)31(39)34(29(25)44-26(17)27-33-11-14-42-27)16-24(43-19-9-12-41-13-10-19)20-5-3-4-6-23(20)40-2/h3-8,11,14-15,19,24H,9-10,12-13,16H2,1-2H3,(H,37,38). The SMILES string of the molecule is COc1ccccc1C(Cn1c(=O)n(-c2cc(C(=O)O)ccc2F)c(=O)c2c(C)c(-c3ncco3)sc21)OC1CCOCC1. The maximum absolute atomic E-state index is 15.3. The highest BCUT2D eigenvalue weighted by molar-refractivity contribution is 7.22. The molecule has 0 saturated carbocycles. The van der Waals surface area contributed by atoms with Gasteiger partial charge in [-0.05, 0) is 49.6 Å². The summed E-state index contributed by atoms with van der Waals surface area (Å²) < 4.78 is 40.6. The zero-order valence-electron chi connectivity index (χ0n) is 23.8. The van der Waals surface area contributed by atoms with Crippen molar-refractivity contribution in [3.8, 4) is 22.2 Å².